The van der Waals surface area contributed by atoms with Crippen LogP contribution in [0.5, 0.6) is 0 Å². The molecule has 0 fully saturated rings. The van der Waals surface area contributed by atoms with Crippen LogP contribution in [0.15, 0.2) is 42.5 Å². The van der Waals surface area contributed by atoms with Crippen LogP contribution >= 0.6 is 34.2 Å². The van der Waals surface area contributed by atoms with Gasteiger partial charge in [0.15, 0.2) is 0 Å². The fraction of sp³-hybridized carbons (Fsp3) is 0.125. The molecular formula is C16H11ClIN3. The van der Waals surface area contributed by atoms with Crippen LogP contribution in [0.1, 0.15) is 23.7 Å². The second-order valence-corrected chi connectivity index (χ2v) is 6.58. The van der Waals surface area contributed by atoms with Gasteiger partial charge in [-0.2, -0.15) is 5.26 Å². The highest BCUT2D eigenvalue weighted by molar-refractivity contribution is 14.1. The van der Waals surface area contributed by atoms with Crippen molar-refractivity contribution in [2.75, 3.05) is 0 Å². The lowest BCUT2D eigenvalue weighted by molar-refractivity contribution is 0.881. The highest BCUT2D eigenvalue weighted by Crippen LogP contribution is 2.30. The van der Waals surface area contributed by atoms with Crippen molar-refractivity contribution < 1.29 is 0 Å². The average Bonchev–Trinajstić information content (AvgIpc) is 2.85. The van der Waals surface area contributed by atoms with Gasteiger partial charge in [0, 0.05) is 3.57 Å². The molecule has 3 nitrogen and oxygen atoms in total. The number of alkyl halides is 1. The van der Waals surface area contributed by atoms with Crippen LogP contribution < -0.4 is 0 Å². The van der Waals surface area contributed by atoms with Crippen LogP contribution in [0.2, 0.25) is 0 Å². The minimum absolute atomic E-state index is 0.248. The van der Waals surface area contributed by atoms with Gasteiger partial charge in [-0.3, -0.25) is 4.57 Å². The van der Waals surface area contributed by atoms with Crippen molar-refractivity contribution in [3.05, 3.63) is 57.4 Å². The predicted octanol–water partition coefficient (Wildman–Crippen LogP) is 4.80. The molecule has 0 amide bonds. The topological polar surface area (TPSA) is 41.6 Å². The van der Waals surface area contributed by atoms with E-state index in [0.717, 1.165) is 26.1 Å². The third-order valence-electron chi connectivity index (χ3n) is 3.26. The Labute approximate surface area is 141 Å². The third-order valence-corrected chi connectivity index (χ3v) is 4.13. The van der Waals surface area contributed by atoms with Gasteiger partial charge in [-0.25, -0.2) is 4.98 Å². The van der Waals surface area contributed by atoms with Crippen molar-refractivity contribution in [3.8, 4) is 11.8 Å². The molecule has 3 rings (SSSR count). The number of rotatable bonds is 2. The van der Waals surface area contributed by atoms with E-state index >= 15 is 0 Å². The summed E-state index contributed by atoms with van der Waals surface area (Å²) in [6, 6.07) is 15.8. The van der Waals surface area contributed by atoms with Crippen molar-refractivity contribution in [1.82, 2.24) is 9.55 Å². The second kappa shape index (κ2) is 5.66. The van der Waals surface area contributed by atoms with Gasteiger partial charge in [0.25, 0.3) is 0 Å². The van der Waals surface area contributed by atoms with E-state index in [9.17, 15) is 5.26 Å². The molecule has 0 spiro atoms. The normalized spacial score (nSPS) is 12.3. The smallest absolute Gasteiger partial charge is 0.132 e. The van der Waals surface area contributed by atoms with Crippen LogP contribution in [0.25, 0.3) is 16.7 Å². The van der Waals surface area contributed by atoms with Gasteiger partial charge in [-0.15, -0.1) is 11.6 Å². The number of nitrogens with zero attached hydrogens (tertiary/aromatic N) is 3. The molecule has 1 aromatic heterocycles. The maximum Gasteiger partial charge on any atom is 0.132 e. The fourth-order valence-corrected chi connectivity index (χ4v) is 2.98. The van der Waals surface area contributed by atoms with Gasteiger partial charge in [0.2, 0.25) is 0 Å². The van der Waals surface area contributed by atoms with Crippen molar-refractivity contribution in [1.29, 1.82) is 5.26 Å². The maximum atomic E-state index is 9.35. The molecule has 2 aromatic carbocycles. The van der Waals surface area contributed by atoms with Crippen LogP contribution in [0, 0.1) is 14.9 Å². The molecule has 0 aliphatic rings. The zero-order chi connectivity index (χ0) is 15.0. The van der Waals surface area contributed by atoms with E-state index in [4.69, 9.17) is 11.6 Å². The van der Waals surface area contributed by atoms with E-state index in [-0.39, 0.29) is 5.38 Å². The first-order valence-electron chi connectivity index (χ1n) is 6.43. The second-order valence-electron chi connectivity index (χ2n) is 4.68. The quantitative estimate of drug-likeness (QED) is 0.452. The van der Waals surface area contributed by atoms with E-state index in [1.165, 1.54) is 0 Å². The molecule has 21 heavy (non-hydrogen) atoms. The SMILES string of the molecule is CC(Cl)c1nc2cc(I)ccc2n1-c1ccccc1C#N. The Balaban J connectivity index is 2.40. The summed E-state index contributed by atoms with van der Waals surface area (Å²) in [4.78, 5) is 4.64. The Morgan fingerprint density at radius 2 is 2.05 bits per heavy atom. The van der Waals surface area contributed by atoms with E-state index in [1.807, 2.05) is 47.9 Å². The fourth-order valence-electron chi connectivity index (χ4n) is 2.36. The molecule has 0 radical (unpaired) electrons. The number of halogens is 2. The van der Waals surface area contributed by atoms with E-state index in [1.54, 1.807) is 6.07 Å². The van der Waals surface area contributed by atoms with Gasteiger partial charge in [0.1, 0.15) is 11.9 Å². The van der Waals surface area contributed by atoms with Crippen molar-refractivity contribution >= 4 is 45.2 Å². The predicted molar refractivity (Wildman–Crippen MR) is 92.8 cm³/mol. The lowest BCUT2D eigenvalue weighted by Gasteiger charge is -2.12. The molecule has 1 heterocycles. The van der Waals surface area contributed by atoms with Crippen LogP contribution in [0.4, 0.5) is 0 Å². The summed E-state index contributed by atoms with van der Waals surface area (Å²) < 4.78 is 3.09. The minimum atomic E-state index is -0.248. The lowest BCUT2D eigenvalue weighted by atomic mass is 10.2. The molecular weight excluding hydrogens is 397 g/mol. The summed E-state index contributed by atoms with van der Waals surface area (Å²) in [5, 5.41) is 9.10. The van der Waals surface area contributed by atoms with Crippen LogP contribution in [-0.2, 0) is 0 Å². The molecule has 5 heteroatoms. The summed E-state index contributed by atoms with van der Waals surface area (Å²) in [5.74, 6) is 0.747. The number of fused-ring (bicyclic) bond motifs is 1. The summed E-state index contributed by atoms with van der Waals surface area (Å²) in [7, 11) is 0. The molecule has 1 unspecified atom stereocenters. The highest BCUT2D eigenvalue weighted by Gasteiger charge is 2.18. The van der Waals surface area contributed by atoms with Gasteiger partial charge < -0.3 is 0 Å². The van der Waals surface area contributed by atoms with Crippen LogP contribution in [-0.4, -0.2) is 9.55 Å². The Hall–Kier alpha value is -1.58. The first-order chi connectivity index (χ1) is 10.1. The lowest BCUT2D eigenvalue weighted by Crippen LogP contribution is -2.03. The number of imidazole rings is 1. The first kappa shape index (κ1) is 14.4. The molecule has 0 aliphatic carbocycles. The van der Waals surface area contributed by atoms with E-state index in [2.05, 4.69) is 33.6 Å². The number of benzene rings is 2. The van der Waals surface area contributed by atoms with Crippen molar-refractivity contribution in [2.45, 2.75) is 12.3 Å². The first-order valence-corrected chi connectivity index (χ1v) is 7.95. The number of nitriles is 1. The molecule has 0 N–H and O–H groups in total. The minimum Gasteiger partial charge on any atom is -0.294 e. The zero-order valence-corrected chi connectivity index (χ0v) is 14.1. The summed E-state index contributed by atoms with van der Waals surface area (Å²) in [5.41, 5.74) is 3.26. The zero-order valence-electron chi connectivity index (χ0n) is 11.2. The summed E-state index contributed by atoms with van der Waals surface area (Å²) in [6.45, 7) is 1.89. The molecule has 3 aromatic rings. The molecule has 0 saturated carbocycles. The number of hydrogen-bond donors (Lipinski definition) is 0. The van der Waals surface area contributed by atoms with Gasteiger partial charge in [-0.05, 0) is 59.8 Å². The van der Waals surface area contributed by atoms with Gasteiger partial charge in [-0.1, -0.05) is 12.1 Å². The summed E-state index contributed by atoms with van der Waals surface area (Å²) >= 11 is 8.56. The standard InChI is InChI=1S/C16H11ClIN3/c1-10(17)16-20-13-8-12(18)6-7-15(13)21(16)14-5-3-2-4-11(14)9-19/h2-8,10H,1H3. The monoisotopic (exact) mass is 407 g/mol. The van der Waals surface area contributed by atoms with Crippen molar-refractivity contribution in [2.24, 2.45) is 0 Å². The Kier molecular flexibility index (Phi) is 3.87. The van der Waals surface area contributed by atoms with Crippen LogP contribution in [0.3, 0.4) is 0 Å². The molecule has 0 bridgehead atoms. The highest BCUT2D eigenvalue weighted by atomic mass is 127. The molecule has 104 valence electrons. The third kappa shape index (κ3) is 2.52. The number of para-hydroxylation sites is 1. The summed E-state index contributed by atoms with van der Waals surface area (Å²) in [6.07, 6.45) is 0. The van der Waals surface area contributed by atoms with E-state index in [0.29, 0.717) is 5.56 Å². The average molecular weight is 408 g/mol. The molecule has 1 atom stereocenters. The maximum absolute atomic E-state index is 9.35. The Bertz CT molecular complexity index is 862. The van der Waals surface area contributed by atoms with Crippen molar-refractivity contribution in [3.63, 3.8) is 0 Å². The number of aromatic nitrogens is 2. The Morgan fingerprint density at radius 3 is 2.76 bits per heavy atom. The number of hydrogen-bond acceptors (Lipinski definition) is 2. The molecule has 0 saturated heterocycles. The van der Waals surface area contributed by atoms with E-state index < -0.39 is 0 Å². The van der Waals surface area contributed by atoms with Gasteiger partial charge >= 0.3 is 0 Å². The largest absolute Gasteiger partial charge is 0.294 e. The molecule has 0 aliphatic heterocycles. The van der Waals surface area contributed by atoms with Gasteiger partial charge in [0.05, 0.1) is 27.7 Å². The Morgan fingerprint density at radius 1 is 1.29 bits per heavy atom.